The highest BCUT2D eigenvalue weighted by Crippen LogP contribution is 2.41. The molecule has 2 N–H and O–H groups in total. The molecular weight excluding hydrogens is 250 g/mol. The molecule has 0 aromatic carbocycles. The zero-order chi connectivity index (χ0) is 15.1. The minimum absolute atomic E-state index is 0.102. The van der Waals surface area contributed by atoms with Crippen molar-refractivity contribution in [2.75, 3.05) is 33.2 Å². The molecule has 118 valence electrons. The van der Waals surface area contributed by atoms with Crippen molar-refractivity contribution < 1.29 is 4.74 Å². The lowest BCUT2D eigenvalue weighted by atomic mass is 9.82. The minimum Gasteiger partial charge on any atom is -0.368 e. The average Bonchev–Trinajstić information content (AvgIpc) is 2.40. The molecule has 0 bridgehead atoms. The van der Waals surface area contributed by atoms with Gasteiger partial charge in [-0.2, -0.15) is 0 Å². The molecule has 0 aromatic rings. The van der Waals surface area contributed by atoms with Gasteiger partial charge in [-0.3, -0.25) is 4.90 Å². The molecule has 2 aliphatic rings. The molecular formula is C16H33N3O. The third-order valence-electron chi connectivity index (χ3n) is 5.27. The van der Waals surface area contributed by atoms with E-state index in [0.717, 1.165) is 13.1 Å². The Kier molecular flexibility index (Phi) is 4.51. The topological polar surface area (TPSA) is 41.7 Å². The number of likely N-dealkylation sites (N-methyl/N-ethyl adjacent to an activating group) is 1. The summed E-state index contributed by atoms with van der Waals surface area (Å²) in [4.78, 5) is 5.05. The Morgan fingerprint density at radius 2 is 1.80 bits per heavy atom. The van der Waals surface area contributed by atoms with Crippen molar-refractivity contribution in [2.24, 2.45) is 11.7 Å². The molecule has 0 spiro atoms. The van der Waals surface area contributed by atoms with Gasteiger partial charge in [0.25, 0.3) is 0 Å². The average molecular weight is 283 g/mol. The van der Waals surface area contributed by atoms with Crippen molar-refractivity contribution in [3.05, 3.63) is 0 Å². The summed E-state index contributed by atoms with van der Waals surface area (Å²) in [5.41, 5.74) is 6.14. The van der Waals surface area contributed by atoms with Gasteiger partial charge < -0.3 is 15.4 Å². The predicted molar refractivity (Wildman–Crippen MR) is 83.9 cm³/mol. The summed E-state index contributed by atoms with van der Waals surface area (Å²) in [5.74, 6) is 0.392. The number of rotatable bonds is 2. The number of nitrogens with zero attached hydrogens (tertiary/aromatic N) is 2. The molecule has 2 aliphatic heterocycles. The second-order valence-electron chi connectivity index (χ2n) is 7.90. The summed E-state index contributed by atoms with van der Waals surface area (Å²) < 4.78 is 6.23. The third kappa shape index (κ3) is 3.19. The highest BCUT2D eigenvalue weighted by Gasteiger charge is 2.52. The van der Waals surface area contributed by atoms with E-state index in [1.165, 1.54) is 19.5 Å². The lowest BCUT2D eigenvalue weighted by molar-refractivity contribution is -0.0790. The summed E-state index contributed by atoms with van der Waals surface area (Å²) in [5, 5.41) is 0. The van der Waals surface area contributed by atoms with Crippen LogP contribution in [0, 0.1) is 5.92 Å². The van der Waals surface area contributed by atoms with Gasteiger partial charge in [-0.1, -0.05) is 0 Å². The van der Waals surface area contributed by atoms with E-state index < -0.39 is 0 Å². The molecule has 0 amide bonds. The van der Waals surface area contributed by atoms with E-state index in [-0.39, 0.29) is 17.2 Å². The highest BCUT2D eigenvalue weighted by molar-refractivity contribution is 5.05. The molecule has 20 heavy (non-hydrogen) atoms. The van der Waals surface area contributed by atoms with E-state index in [9.17, 15) is 0 Å². The van der Waals surface area contributed by atoms with E-state index in [4.69, 9.17) is 10.5 Å². The van der Waals surface area contributed by atoms with Gasteiger partial charge in [0.05, 0.1) is 11.2 Å². The Morgan fingerprint density at radius 1 is 1.15 bits per heavy atom. The fourth-order valence-corrected chi connectivity index (χ4v) is 4.02. The molecule has 0 aromatic heterocycles. The van der Waals surface area contributed by atoms with Crippen LogP contribution in [0.2, 0.25) is 0 Å². The first-order valence-electron chi connectivity index (χ1n) is 8.02. The molecule has 2 heterocycles. The Balaban J connectivity index is 2.08. The molecule has 2 rings (SSSR count). The predicted octanol–water partition coefficient (Wildman–Crippen LogP) is 1.54. The summed E-state index contributed by atoms with van der Waals surface area (Å²) >= 11 is 0. The lowest BCUT2D eigenvalue weighted by Gasteiger charge is -2.35. The molecule has 2 fully saturated rings. The summed E-state index contributed by atoms with van der Waals surface area (Å²) in [6.07, 6.45) is 1.24. The van der Waals surface area contributed by atoms with Crippen LogP contribution in [-0.2, 0) is 4.74 Å². The van der Waals surface area contributed by atoms with Gasteiger partial charge in [0.1, 0.15) is 0 Å². The van der Waals surface area contributed by atoms with Gasteiger partial charge in [0.2, 0.25) is 0 Å². The van der Waals surface area contributed by atoms with Crippen LogP contribution in [0.25, 0.3) is 0 Å². The van der Waals surface area contributed by atoms with Crippen LogP contribution >= 0.6 is 0 Å². The molecule has 3 unspecified atom stereocenters. The molecule has 0 saturated carbocycles. The maximum Gasteiger partial charge on any atom is 0.0788 e. The fourth-order valence-electron chi connectivity index (χ4n) is 4.02. The Bertz CT molecular complexity index is 343. The largest absolute Gasteiger partial charge is 0.368 e. The Hall–Kier alpha value is -0.160. The van der Waals surface area contributed by atoms with Gasteiger partial charge in [0.15, 0.2) is 0 Å². The van der Waals surface area contributed by atoms with Crippen molar-refractivity contribution in [3.63, 3.8) is 0 Å². The first-order chi connectivity index (χ1) is 9.13. The first kappa shape index (κ1) is 16.2. The van der Waals surface area contributed by atoms with Gasteiger partial charge in [0, 0.05) is 31.1 Å². The Morgan fingerprint density at radius 3 is 2.35 bits per heavy atom. The van der Waals surface area contributed by atoms with Crippen molar-refractivity contribution in [1.82, 2.24) is 9.80 Å². The smallest absolute Gasteiger partial charge is 0.0788 e. The molecule has 2 saturated heterocycles. The van der Waals surface area contributed by atoms with Gasteiger partial charge in [-0.15, -0.1) is 0 Å². The van der Waals surface area contributed by atoms with E-state index in [1.54, 1.807) is 0 Å². The van der Waals surface area contributed by atoms with Gasteiger partial charge >= 0.3 is 0 Å². The monoisotopic (exact) mass is 283 g/mol. The number of hydrogen-bond acceptors (Lipinski definition) is 4. The summed E-state index contributed by atoms with van der Waals surface area (Å²) in [6, 6.07) is 0.694. The zero-order valence-corrected chi connectivity index (χ0v) is 14.1. The van der Waals surface area contributed by atoms with Crippen molar-refractivity contribution in [2.45, 2.75) is 64.3 Å². The van der Waals surface area contributed by atoms with Crippen LogP contribution in [0.1, 0.15) is 41.0 Å². The van der Waals surface area contributed by atoms with E-state index in [0.29, 0.717) is 12.0 Å². The molecule has 0 aliphatic carbocycles. The van der Waals surface area contributed by atoms with Crippen LogP contribution in [0.5, 0.6) is 0 Å². The molecule has 3 atom stereocenters. The maximum atomic E-state index is 6.50. The fraction of sp³-hybridized carbons (Fsp3) is 1.00. The highest BCUT2D eigenvalue weighted by atomic mass is 16.5. The number of ether oxygens (including phenoxy) is 1. The van der Waals surface area contributed by atoms with Crippen molar-refractivity contribution in [3.8, 4) is 0 Å². The SMILES string of the molecule is CC1CN(C)CCCN1CC1C(N)C(C)(C)OC1(C)C. The zero-order valence-electron chi connectivity index (χ0n) is 14.1. The number of hydrogen-bond donors (Lipinski definition) is 1. The van der Waals surface area contributed by atoms with Crippen LogP contribution in [0.15, 0.2) is 0 Å². The van der Waals surface area contributed by atoms with Crippen LogP contribution in [-0.4, -0.2) is 66.3 Å². The molecule has 0 radical (unpaired) electrons. The summed E-state index contributed by atoms with van der Waals surface area (Å²) in [6.45, 7) is 15.5. The Labute approximate surface area is 124 Å². The van der Waals surface area contributed by atoms with E-state index in [1.807, 2.05) is 0 Å². The van der Waals surface area contributed by atoms with Crippen LogP contribution in [0.4, 0.5) is 0 Å². The van der Waals surface area contributed by atoms with Gasteiger partial charge in [-0.05, 0) is 61.2 Å². The minimum atomic E-state index is -0.222. The second-order valence-corrected chi connectivity index (χ2v) is 7.90. The standard InChI is InChI=1S/C16H33N3O/c1-12-10-18(6)8-7-9-19(12)11-13-14(17)16(4,5)20-15(13,2)3/h12-14H,7-11,17H2,1-6H3. The second kappa shape index (κ2) is 5.56. The summed E-state index contributed by atoms with van der Waals surface area (Å²) in [7, 11) is 2.22. The van der Waals surface area contributed by atoms with E-state index in [2.05, 4.69) is 51.5 Å². The van der Waals surface area contributed by atoms with E-state index >= 15 is 0 Å². The van der Waals surface area contributed by atoms with Crippen LogP contribution < -0.4 is 5.73 Å². The van der Waals surface area contributed by atoms with Crippen molar-refractivity contribution in [1.29, 1.82) is 0 Å². The van der Waals surface area contributed by atoms with Crippen LogP contribution in [0.3, 0.4) is 0 Å². The lowest BCUT2D eigenvalue weighted by Crippen LogP contribution is -2.50. The molecule has 4 nitrogen and oxygen atoms in total. The third-order valence-corrected chi connectivity index (χ3v) is 5.27. The first-order valence-corrected chi connectivity index (χ1v) is 8.02. The normalized spacial score (nSPS) is 38.9. The number of nitrogens with two attached hydrogens (primary N) is 1. The van der Waals surface area contributed by atoms with Crippen molar-refractivity contribution >= 4 is 0 Å². The quantitative estimate of drug-likeness (QED) is 0.835. The maximum absolute atomic E-state index is 6.50. The van der Waals surface area contributed by atoms with Gasteiger partial charge in [-0.25, -0.2) is 0 Å². The molecule has 4 heteroatoms.